The molecule has 66 valence electrons. The average Bonchev–Trinajstić information content (AvgIpc) is 2.03. The lowest BCUT2D eigenvalue weighted by atomic mass is 10.00. The van der Waals surface area contributed by atoms with E-state index < -0.39 is 11.7 Å². The van der Waals surface area contributed by atoms with Crippen molar-refractivity contribution >= 4 is 0 Å². The second kappa shape index (κ2) is 3.20. The van der Waals surface area contributed by atoms with E-state index in [4.69, 9.17) is 0 Å². The Bertz CT molecular complexity index is 262. The highest BCUT2D eigenvalue weighted by molar-refractivity contribution is 5.27. The highest BCUT2D eigenvalue weighted by atomic mass is 19.4. The molecule has 0 spiro atoms. The van der Waals surface area contributed by atoms with Gasteiger partial charge in [-0.05, 0) is 12.5 Å². The van der Waals surface area contributed by atoms with E-state index in [1.807, 2.05) is 6.92 Å². The first-order chi connectivity index (χ1) is 5.54. The summed E-state index contributed by atoms with van der Waals surface area (Å²) >= 11 is 0. The van der Waals surface area contributed by atoms with E-state index in [2.05, 4.69) is 5.73 Å². The molecular weight excluding hydrogens is 165 g/mol. The summed E-state index contributed by atoms with van der Waals surface area (Å²) < 4.78 is 36.3. The van der Waals surface area contributed by atoms with Crippen molar-refractivity contribution in [3.63, 3.8) is 0 Å². The maximum atomic E-state index is 12.1. The fourth-order valence-electron chi connectivity index (χ4n) is 1.02. The molecule has 1 aliphatic rings. The van der Waals surface area contributed by atoms with Crippen LogP contribution < -0.4 is 0 Å². The van der Waals surface area contributed by atoms with E-state index in [1.54, 1.807) is 6.08 Å². The second-order valence-corrected chi connectivity index (χ2v) is 2.64. The van der Waals surface area contributed by atoms with Crippen molar-refractivity contribution in [3.05, 3.63) is 29.0 Å². The highest BCUT2D eigenvalue weighted by Crippen LogP contribution is 2.31. The largest absolute Gasteiger partial charge is 0.420 e. The molecule has 0 radical (unpaired) electrons. The Labute approximate surface area is 69.1 Å². The molecule has 0 nitrogen and oxygen atoms in total. The molecular formula is C9H9F3. The molecule has 1 rings (SSSR count). The first-order valence-electron chi connectivity index (χ1n) is 3.75. The monoisotopic (exact) mass is 174 g/mol. The van der Waals surface area contributed by atoms with Gasteiger partial charge in [-0.25, -0.2) is 0 Å². The number of hydrogen-bond acceptors (Lipinski definition) is 0. The van der Waals surface area contributed by atoms with Gasteiger partial charge in [-0.3, -0.25) is 0 Å². The van der Waals surface area contributed by atoms with E-state index in [0.717, 1.165) is 5.57 Å². The van der Waals surface area contributed by atoms with Gasteiger partial charge in [0.05, 0.1) is 5.57 Å². The third-order valence-corrected chi connectivity index (χ3v) is 1.78. The summed E-state index contributed by atoms with van der Waals surface area (Å²) in [6.07, 6.45) is -0.528. The van der Waals surface area contributed by atoms with Crippen molar-refractivity contribution in [2.45, 2.75) is 25.9 Å². The van der Waals surface area contributed by atoms with Crippen molar-refractivity contribution in [2.24, 2.45) is 0 Å². The molecule has 0 atom stereocenters. The number of halogens is 3. The van der Waals surface area contributed by atoms with Crippen LogP contribution in [0.5, 0.6) is 0 Å². The summed E-state index contributed by atoms with van der Waals surface area (Å²) in [6.45, 7) is 1.85. The zero-order valence-corrected chi connectivity index (χ0v) is 6.70. The van der Waals surface area contributed by atoms with Crippen molar-refractivity contribution in [1.82, 2.24) is 0 Å². The van der Waals surface area contributed by atoms with Crippen LogP contribution in [0.15, 0.2) is 29.0 Å². The smallest absolute Gasteiger partial charge is 0.166 e. The van der Waals surface area contributed by atoms with Gasteiger partial charge in [-0.1, -0.05) is 18.6 Å². The molecule has 3 heteroatoms. The zero-order chi connectivity index (χ0) is 9.19. The minimum absolute atomic E-state index is 0.00347. The van der Waals surface area contributed by atoms with Gasteiger partial charge in [-0.2, -0.15) is 13.2 Å². The Morgan fingerprint density at radius 2 is 2.17 bits per heavy atom. The van der Waals surface area contributed by atoms with Gasteiger partial charge in [0.2, 0.25) is 0 Å². The molecule has 0 aromatic heterocycles. The minimum atomic E-state index is -4.22. The molecule has 12 heavy (non-hydrogen) atoms. The van der Waals surface area contributed by atoms with E-state index in [9.17, 15) is 13.2 Å². The maximum absolute atomic E-state index is 12.1. The Balaban J connectivity index is 2.82. The fraction of sp³-hybridized carbons (Fsp3) is 0.444. The van der Waals surface area contributed by atoms with E-state index >= 15 is 0 Å². The van der Waals surface area contributed by atoms with E-state index in [-0.39, 0.29) is 6.42 Å². The van der Waals surface area contributed by atoms with Crippen LogP contribution in [-0.4, -0.2) is 6.18 Å². The molecule has 0 unspecified atom stereocenters. The van der Waals surface area contributed by atoms with Gasteiger partial charge < -0.3 is 0 Å². The average molecular weight is 174 g/mol. The van der Waals surface area contributed by atoms with Crippen LogP contribution in [0.25, 0.3) is 0 Å². The highest BCUT2D eigenvalue weighted by Gasteiger charge is 2.34. The lowest BCUT2D eigenvalue weighted by molar-refractivity contribution is -0.0930. The topological polar surface area (TPSA) is 0 Å². The SMILES string of the molecule is CCC1=CC=C=C(C(F)(F)F)C1. The molecule has 0 amide bonds. The van der Waals surface area contributed by atoms with Crippen LogP contribution in [-0.2, 0) is 0 Å². The van der Waals surface area contributed by atoms with E-state index in [1.165, 1.54) is 6.08 Å². The standard InChI is InChI=1S/C9H9F3/c1-2-7-4-3-5-8(6-7)9(10,11)12/h3-4H,2,6H2,1H3. The maximum Gasteiger partial charge on any atom is 0.420 e. The van der Waals surface area contributed by atoms with Gasteiger partial charge in [0.25, 0.3) is 0 Å². The minimum Gasteiger partial charge on any atom is -0.166 e. The van der Waals surface area contributed by atoms with Crippen LogP contribution in [0.4, 0.5) is 13.2 Å². The number of hydrogen-bond donors (Lipinski definition) is 0. The molecule has 0 bridgehead atoms. The predicted octanol–water partition coefficient (Wildman–Crippen LogP) is 3.37. The summed E-state index contributed by atoms with van der Waals surface area (Å²) in [5, 5.41) is 0. The summed E-state index contributed by atoms with van der Waals surface area (Å²) in [6, 6.07) is 0. The molecule has 0 aliphatic heterocycles. The molecule has 0 heterocycles. The van der Waals surface area contributed by atoms with Crippen molar-refractivity contribution in [3.8, 4) is 0 Å². The number of alkyl halides is 3. The van der Waals surface area contributed by atoms with Crippen molar-refractivity contribution < 1.29 is 13.2 Å². The Hall–Kier alpha value is -0.950. The number of allylic oxidation sites excluding steroid dienone is 3. The van der Waals surface area contributed by atoms with Crippen molar-refractivity contribution in [2.75, 3.05) is 0 Å². The Morgan fingerprint density at radius 3 is 2.67 bits per heavy atom. The molecule has 1 aliphatic carbocycles. The first-order valence-corrected chi connectivity index (χ1v) is 3.75. The van der Waals surface area contributed by atoms with Gasteiger partial charge in [0, 0.05) is 6.42 Å². The summed E-state index contributed by atoms with van der Waals surface area (Å²) in [7, 11) is 0. The second-order valence-electron chi connectivity index (χ2n) is 2.64. The van der Waals surface area contributed by atoms with Crippen molar-refractivity contribution in [1.29, 1.82) is 0 Å². The molecule has 0 saturated heterocycles. The summed E-state index contributed by atoms with van der Waals surface area (Å²) in [5.74, 6) is 0. The van der Waals surface area contributed by atoms with Crippen LogP contribution in [0.2, 0.25) is 0 Å². The molecule has 0 fully saturated rings. The summed E-state index contributed by atoms with van der Waals surface area (Å²) in [4.78, 5) is 0. The molecule has 0 saturated carbocycles. The van der Waals surface area contributed by atoms with Gasteiger partial charge in [-0.15, -0.1) is 5.73 Å². The quantitative estimate of drug-likeness (QED) is 0.534. The Morgan fingerprint density at radius 1 is 1.50 bits per heavy atom. The zero-order valence-electron chi connectivity index (χ0n) is 6.70. The lowest BCUT2D eigenvalue weighted by Crippen LogP contribution is -2.12. The Kier molecular flexibility index (Phi) is 2.43. The number of rotatable bonds is 1. The third-order valence-electron chi connectivity index (χ3n) is 1.78. The van der Waals surface area contributed by atoms with Gasteiger partial charge in [0.15, 0.2) is 0 Å². The van der Waals surface area contributed by atoms with E-state index in [0.29, 0.717) is 6.42 Å². The predicted molar refractivity (Wildman–Crippen MR) is 40.6 cm³/mol. The molecule has 0 N–H and O–H groups in total. The van der Waals surface area contributed by atoms with Crippen LogP contribution >= 0.6 is 0 Å². The fourth-order valence-corrected chi connectivity index (χ4v) is 1.02. The third kappa shape index (κ3) is 2.02. The molecule has 0 aromatic carbocycles. The van der Waals surface area contributed by atoms with Crippen LogP contribution in [0.1, 0.15) is 19.8 Å². The molecule has 0 aromatic rings. The van der Waals surface area contributed by atoms with Crippen LogP contribution in [0.3, 0.4) is 0 Å². The van der Waals surface area contributed by atoms with Crippen LogP contribution in [0, 0.1) is 0 Å². The van der Waals surface area contributed by atoms with Gasteiger partial charge >= 0.3 is 6.18 Å². The van der Waals surface area contributed by atoms with Gasteiger partial charge in [0.1, 0.15) is 0 Å². The lowest BCUT2D eigenvalue weighted by Gasteiger charge is -2.12. The normalized spacial score (nSPS) is 17.3. The first kappa shape index (κ1) is 9.14. The summed E-state index contributed by atoms with van der Waals surface area (Å²) in [5.41, 5.74) is 2.45.